The van der Waals surface area contributed by atoms with Gasteiger partial charge in [-0.25, -0.2) is 9.59 Å². The number of rotatable bonds is 9. The molecule has 2 amide bonds. The van der Waals surface area contributed by atoms with Crippen molar-refractivity contribution >= 4 is 18.0 Å². The van der Waals surface area contributed by atoms with E-state index in [-0.39, 0.29) is 18.4 Å². The Morgan fingerprint density at radius 2 is 1.53 bits per heavy atom. The zero-order chi connectivity index (χ0) is 22.9. The topological polar surface area (TPSA) is 93.7 Å². The Hall–Kier alpha value is -2.57. The maximum absolute atomic E-state index is 13.0. The molecule has 0 bridgehead atoms. The Morgan fingerprint density at radius 1 is 0.933 bits per heavy atom. The Bertz CT molecular complexity index is 695. The van der Waals surface area contributed by atoms with Gasteiger partial charge in [-0.1, -0.05) is 44.2 Å². The van der Waals surface area contributed by atoms with Gasteiger partial charge in [-0.15, -0.1) is 0 Å². The molecular weight excluding hydrogens is 384 g/mol. The van der Waals surface area contributed by atoms with Gasteiger partial charge in [-0.3, -0.25) is 4.79 Å². The van der Waals surface area contributed by atoms with E-state index < -0.39 is 35.7 Å². The summed E-state index contributed by atoms with van der Waals surface area (Å²) in [5.74, 6) is -0.778. The van der Waals surface area contributed by atoms with Crippen LogP contribution in [0, 0.1) is 5.92 Å². The molecule has 0 aliphatic rings. The number of amides is 2. The Morgan fingerprint density at radius 3 is 2.03 bits per heavy atom. The first-order chi connectivity index (χ1) is 13.9. The van der Waals surface area contributed by atoms with E-state index >= 15 is 0 Å². The molecule has 1 aromatic rings. The monoisotopic (exact) mass is 420 g/mol. The van der Waals surface area contributed by atoms with Gasteiger partial charge in [0.15, 0.2) is 0 Å². The predicted octanol–water partition coefficient (Wildman–Crippen LogP) is 3.60. The zero-order valence-electron chi connectivity index (χ0n) is 19.2. The van der Waals surface area contributed by atoms with Gasteiger partial charge in [0.1, 0.15) is 17.7 Å². The normalized spacial score (nSPS) is 13.5. The molecule has 7 heteroatoms. The molecule has 2 atom stereocenters. The van der Waals surface area contributed by atoms with E-state index in [1.165, 1.54) is 0 Å². The third kappa shape index (κ3) is 10.3. The largest absolute Gasteiger partial charge is 0.461 e. The van der Waals surface area contributed by atoms with E-state index in [0.717, 1.165) is 5.56 Å². The van der Waals surface area contributed by atoms with E-state index in [1.807, 2.05) is 44.2 Å². The van der Waals surface area contributed by atoms with E-state index in [2.05, 4.69) is 10.6 Å². The third-order valence-electron chi connectivity index (χ3n) is 3.95. The molecule has 0 spiro atoms. The first-order valence-electron chi connectivity index (χ1n) is 10.4. The average Bonchev–Trinajstić information content (AvgIpc) is 2.58. The minimum atomic E-state index is -0.899. The Balaban J connectivity index is 2.99. The fourth-order valence-electron chi connectivity index (χ4n) is 2.78. The fraction of sp³-hybridized carbons (Fsp3) is 0.609. The van der Waals surface area contributed by atoms with Crippen molar-refractivity contribution in [1.29, 1.82) is 0 Å². The number of hydrogen-bond acceptors (Lipinski definition) is 5. The second-order valence-electron chi connectivity index (χ2n) is 9.06. The first-order valence-corrected chi connectivity index (χ1v) is 10.4. The van der Waals surface area contributed by atoms with Crippen LogP contribution in [-0.2, 0) is 25.5 Å². The lowest BCUT2D eigenvalue weighted by Gasteiger charge is -2.26. The van der Waals surface area contributed by atoms with Crippen molar-refractivity contribution in [3.8, 4) is 0 Å². The molecular formula is C23H36N2O5. The van der Waals surface area contributed by atoms with Crippen molar-refractivity contribution in [3.05, 3.63) is 35.9 Å². The second-order valence-corrected chi connectivity index (χ2v) is 9.06. The lowest BCUT2D eigenvalue weighted by molar-refractivity contribution is -0.152. The SMILES string of the molecule is CC(C)C[C@H](NC(=O)[C@H](Cc1ccccc1)NC(=O)OC(C)(C)C)C(=O)OC(C)C. The minimum absolute atomic E-state index is 0.168. The summed E-state index contributed by atoms with van der Waals surface area (Å²) in [4.78, 5) is 37.8. The quantitative estimate of drug-likeness (QED) is 0.595. The molecule has 0 heterocycles. The smallest absolute Gasteiger partial charge is 0.408 e. The zero-order valence-corrected chi connectivity index (χ0v) is 19.2. The van der Waals surface area contributed by atoms with E-state index in [0.29, 0.717) is 6.42 Å². The molecule has 0 aliphatic heterocycles. The van der Waals surface area contributed by atoms with Crippen LogP contribution in [0.2, 0.25) is 0 Å². The highest BCUT2D eigenvalue weighted by Crippen LogP contribution is 2.11. The molecule has 0 saturated heterocycles. The highest BCUT2D eigenvalue weighted by molar-refractivity contribution is 5.90. The Labute approximate surface area is 179 Å². The maximum atomic E-state index is 13.0. The van der Waals surface area contributed by atoms with Gasteiger partial charge < -0.3 is 20.1 Å². The highest BCUT2D eigenvalue weighted by atomic mass is 16.6. The molecule has 0 unspecified atom stereocenters. The summed E-state index contributed by atoms with van der Waals surface area (Å²) in [6, 6.07) is 7.65. The third-order valence-corrected chi connectivity index (χ3v) is 3.95. The number of nitrogens with one attached hydrogen (secondary N) is 2. The predicted molar refractivity (Wildman–Crippen MR) is 116 cm³/mol. The summed E-state index contributed by atoms with van der Waals surface area (Å²) < 4.78 is 10.6. The summed E-state index contributed by atoms with van der Waals surface area (Å²) >= 11 is 0. The molecule has 30 heavy (non-hydrogen) atoms. The molecule has 7 nitrogen and oxygen atoms in total. The van der Waals surface area contributed by atoms with Crippen molar-refractivity contribution in [2.24, 2.45) is 5.92 Å². The molecule has 0 saturated carbocycles. The van der Waals surface area contributed by atoms with Crippen molar-refractivity contribution in [2.75, 3.05) is 0 Å². The number of carbonyl (C=O) groups is 3. The lowest BCUT2D eigenvalue weighted by atomic mass is 10.0. The van der Waals surface area contributed by atoms with Gasteiger partial charge in [-0.2, -0.15) is 0 Å². The fourth-order valence-corrected chi connectivity index (χ4v) is 2.78. The summed E-state index contributed by atoms with van der Waals surface area (Å²) in [6.45, 7) is 12.7. The number of esters is 1. The molecule has 1 aromatic carbocycles. The second kappa shape index (κ2) is 11.6. The first kappa shape index (κ1) is 25.5. The Kier molecular flexibility index (Phi) is 9.82. The van der Waals surface area contributed by atoms with Gasteiger partial charge in [-0.05, 0) is 52.5 Å². The number of alkyl carbamates (subject to hydrolysis) is 1. The summed E-state index contributed by atoms with van der Waals surface area (Å²) in [5, 5.41) is 5.39. The van der Waals surface area contributed by atoms with Gasteiger partial charge >= 0.3 is 12.1 Å². The van der Waals surface area contributed by atoms with E-state index in [9.17, 15) is 14.4 Å². The minimum Gasteiger partial charge on any atom is -0.461 e. The van der Waals surface area contributed by atoms with Crippen molar-refractivity contribution in [1.82, 2.24) is 10.6 Å². The van der Waals surface area contributed by atoms with E-state index in [4.69, 9.17) is 9.47 Å². The van der Waals surface area contributed by atoms with Crippen LogP contribution in [0.3, 0.4) is 0 Å². The van der Waals surface area contributed by atoms with Gasteiger partial charge in [0.25, 0.3) is 0 Å². The molecule has 0 aromatic heterocycles. The molecule has 0 radical (unpaired) electrons. The van der Waals surface area contributed by atoms with Crippen LogP contribution < -0.4 is 10.6 Å². The summed E-state index contributed by atoms with van der Waals surface area (Å²) in [6.07, 6.45) is -0.283. The van der Waals surface area contributed by atoms with E-state index in [1.54, 1.807) is 34.6 Å². The molecule has 0 fully saturated rings. The van der Waals surface area contributed by atoms with Crippen LogP contribution in [-0.4, -0.2) is 41.8 Å². The van der Waals surface area contributed by atoms with Crippen molar-refractivity contribution in [2.45, 2.75) is 85.1 Å². The van der Waals surface area contributed by atoms with Crippen molar-refractivity contribution < 1.29 is 23.9 Å². The summed E-state index contributed by atoms with van der Waals surface area (Å²) in [5.41, 5.74) is 0.179. The van der Waals surface area contributed by atoms with Crippen LogP contribution >= 0.6 is 0 Å². The molecule has 0 aliphatic carbocycles. The maximum Gasteiger partial charge on any atom is 0.408 e. The molecule has 1 rings (SSSR count). The van der Waals surface area contributed by atoms with Crippen LogP contribution in [0.25, 0.3) is 0 Å². The standard InChI is InChI=1S/C23H36N2O5/c1-15(2)13-19(21(27)29-16(3)4)24-20(26)18(14-17-11-9-8-10-12-17)25-22(28)30-23(5,6)7/h8-12,15-16,18-19H,13-14H2,1-7H3,(H,24,26)(H,25,28)/t18-,19-/m0/s1. The van der Waals surface area contributed by atoms with Crippen LogP contribution in [0.5, 0.6) is 0 Å². The average molecular weight is 421 g/mol. The summed E-state index contributed by atoms with van der Waals surface area (Å²) in [7, 11) is 0. The van der Waals surface area contributed by atoms with Crippen molar-refractivity contribution in [3.63, 3.8) is 0 Å². The van der Waals surface area contributed by atoms with Crippen LogP contribution in [0.4, 0.5) is 4.79 Å². The number of benzene rings is 1. The number of hydrogen-bond donors (Lipinski definition) is 2. The van der Waals surface area contributed by atoms with Crippen LogP contribution in [0.1, 0.15) is 60.5 Å². The number of carbonyl (C=O) groups excluding carboxylic acids is 3. The molecule has 168 valence electrons. The van der Waals surface area contributed by atoms with Gasteiger partial charge in [0, 0.05) is 6.42 Å². The van der Waals surface area contributed by atoms with Crippen LogP contribution in [0.15, 0.2) is 30.3 Å². The molecule has 2 N–H and O–H groups in total. The van der Waals surface area contributed by atoms with Gasteiger partial charge in [0.05, 0.1) is 6.10 Å². The highest BCUT2D eigenvalue weighted by Gasteiger charge is 2.30. The number of ether oxygens (including phenoxy) is 2. The van der Waals surface area contributed by atoms with Gasteiger partial charge in [0.2, 0.25) is 5.91 Å². The lowest BCUT2D eigenvalue weighted by Crippen LogP contribution is -2.53.